The zero-order valence-corrected chi connectivity index (χ0v) is 18.3. The Hall–Kier alpha value is 0.286. The van der Waals surface area contributed by atoms with Gasteiger partial charge in [0.05, 0.1) is 4.90 Å². The van der Waals surface area contributed by atoms with Crippen molar-refractivity contribution in [2.45, 2.75) is 82.4 Å². The first kappa shape index (κ1) is 26.5. The van der Waals surface area contributed by atoms with Gasteiger partial charge in [0.15, 0.2) is 17.4 Å². The predicted octanol–water partition coefficient (Wildman–Crippen LogP) is 4.21. The van der Waals surface area contributed by atoms with Crippen molar-refractivity contribution in [3.63, 3.8) is 0 Å². The molecule has 0 aliphatic carbocycles. The van der Waals surface area contributed by atoms with Gasteiger partial charge in [-0.15, -0.1) is 0 Å². The summed E-state index contributed by atoms with van der Waals surface area (Å²) in [5, 5.41) is 0. The van der Waals surface area contributed by atoms with Gasteiger partial charge in [-0.25, -0.2) is 0 Å². The second-order valence-electron chi connectivity index (χ2n) is 6.01. The Balaban J connectivity index is 0. The van der Waals surface area contributed by atoms with Crippen molar-refractivity contribution in [2.24, 2.45) is 0 Å². The fourth-order valence-electron chi connectivity index (χ4n) is 2.76. The van der Waals surface area contributed by atoms with E-state index in [0.29, 0.717) is 6.42 Å². The molecule has 0 spiro atoms. The third-order valence-electron chi connectivity index (χ3n) is 4.05. The van der Waals surface area contributed by atoms with Crippen LogP contribution < -0.4 is 0 Å². The van der Waals surface area contributed by atoms with Crippen LogP contribution in [0.25, 0.3) is 0 Å². The normalized spacial score (nSPS) is 10.8. The minimum Gasteiger partial charge on any atom is -0.282 e. The molecule has 0 amide bonds. The van der Waals surface area contributed by atoms with E-state index in [4.69, 9.17) is 0 Å². The van der Waals surface area contributed by atoms with Crippen LogP contribution in [0.4, 0.5) is 0 Å². The fraction of sp³-hybridized carbons (Fsp3) is 0.667. The molecule has 0 saturated heterocycles. The topological polar surface area (TPSA) is 54.4 Å². The molecular formula is C18H33AlO3SZn. The summed E-state index contributed by atoms with van der Waals surface area (Å²) in [5.41, 5.74) is 0.726. The van der Waals surface area contributed by atoms with Gasteiger partial charge in [0.2, 0.25) is 0 Å². The molecule has 0 bridgehead atoms. The third kappa shape index (κ3) is 11.8. The summed E-state index contributed by atoms with van der Waals surface area (Å²) in [6.45, 7) is 2.24. The van der Waals surface area contributed by atoms with E-state index in [1.165, 1.54) is 57.4 Å². The average molecular weight is 422 g/mol. The zero-order valence-electron chi connectivity index (χ0n) is 14.5. The minimum absolute atomic E-state index is 0. The van der Waals surface area contributed by atoms with E-state index >= 15 is 0 Å². The van der Waals surface area contributed by atoms with Crippen LogP contribution in [-0.4, -0.2) is 30.3 Å². The first-order chi connectivity index (χ1) is 10.6. The van der Waals surface area contributed by atoms with Crippen molar-refractivity contribution in [1.29, 1.82) is 0 Å². The van der Waals surface area contributed by atoms with E-state index in [1.807, 2.05) is 6.07 Å². The average Bonchev–Trinajstić information content (AvgIpc) is 2.48. The van der Waals surface area contributed by atoms with Crippen LogP contribution in [0, 0.1) is 0 Å². The maximum Gasteiger partial charge on any atom is 0.294 e. The van der Waals surface area contributed by atoms with E-state index in [9.17, 15) is 13.0 Å². The minimum atomic E-state index is -4.10. The van der Waals surface area contributed by atoms with Crippen molar-refractivity contribution in [1.82, 2.24) is 0 Å². The SMILES string of the molecule is CCCCCCCCCCCCc1ccccc1S(=O)(=O)O.[AlH3].[Zn]. The van der Waals surface area contributed by atoms with Gasteiger partial charge in [-0.1, -0.05) is 82.9 Å². The molecule has 1 aromatic rings. The number of rotatable bonds is 12. The maximum absolute atomic E-state index is 11.3. The smallest absolute Gasteiger partial charge is 0.282 e. The molecular weight excluding hydrogens is 389 g/mol. The van der Waals surface area contributed by atoms with E-state index in [-0.39, 0.29) is 41.7 Å². The van der Waals surface area contributed by atoms with Gasteiger partial charge < -0.3 is 0 Å². The number of aryl methyl sites for hydroxylation is 1. The van der Waals surface area contributed by atoms with Crippen molar-refractivity contribution in [3.05, 3.63) is 29.8 Å². The number of hydrogen-bond acceptors (Lipinski definition) is 2. The summed E-state index contributed by atoms with van der Waals surface area (Å²) in [6, 6.07) is 6.73. The second kappa shape index (κ2) is 15.5. The maximum atomic E-state index is 11.3. The zero-order chi connectivity index (χ0) is 16.3. The molecule has 0 aromatic heterocycles. The summed E-state index contributed by atoms with van der Waals surface area (Å²) >= 11 is 0. The van der Waals surface area contributed by atoms with Gasteiger partial charge in [0, 0.05) is 19.5 Å². The molecule has 134 valence electrons. The molecule has 0 heterocycles. The molecule has 3 nitrogen and oxygen atoms in total. The molecule has 0 aliphatic rings. The van der Waals surface area contributed by atoms with E-state index < -0.39 is 10.1 Å². The van der Waals surface area contributed by atoms with Gasteiger partial charge in [-0.05, 0) is 24.5 Å². The van der Waals surface area contributed by atoms with Crippen LogP contribution in [-0.2, 0) is 36.0 Å². The number of hydrogen-bond donors (Lipinski definition) is 1. The van der Waals surface area contributed by atoms with Crippen LogP contribution in [0.15, 0.2) is 29.2 Å². The summed E-state index contributed by atoms with van der Waals surface area (Å²) in [5.74, 6) is 0. The standard InChI is InChI=1S/C18H30O3S.Al.Zn.3H/c1-2-3-4-5-6-7-8-9-10-11-14-17-15-12-13-16-18(17)22(19,20)21;;;;;/h12-13,15-16H,2-11,14H2,1H3,(H,19,20,21);;;;;. The molecule has 0 radical (unpaired) electrons. The summed E-state index contributed by atoms with van der Waals surface area (Å²) in [6.07, 6.45) is 13.3. The number of unbranched alkanes of at least 4 members (excludes halogenated alkanes) is 9. The molecule has 1 rings (SSSR count). The van der Waals surface area contributed by atoms with Gasteiger partial charge in [-0.3, -0.25) is 4.55 Å². The Morgan fingerprint density at radius 3 is 1.79 bits per heavy atom. The summed E-state index contributed by atoms with van der Waals surface area (Å²) < 4.78 is 31.8. The Morgan fingerprint density at radius 2 is 1.29 bits per heavy atom. The van der Waals surface area contributed by atoms with E-state index in [2.05, 4.69) is 6.92 Å². The first-order valence-corrected chi connectivity index (χ1v) is 10.0. The van der Waals surface area contributed by atoms with Crippen molar-refractivity contribution in [2.75, 3.05) is 0 Å². The quantitative estimate of drug-likeness (QED) is 0.312. The van der Waals surface area contributed by atoms with E-state index in [0.717, 1.165) is 18.4 Å². The molecule has 6 heteroatoms. The Labute approximate surface area is 171 Å². The molecule has 24 heavy (non-hydrogen) atoms. The summed E-state index contributed by atoms with van der Waals surface area (Å²) in [4.78, 5) is 0.0610. The van der Waals surface area contributed by atoms with Crippen LogP contribution in [0.1, 0.15) is 76.7 Å². The van der Waals surface area contributed by atoms with E-state index in [1.54, 1.807) is 12.1 Å². The van der Waals surface area contributed by atoms with Crippen LogP contribution in [0.3, 0.4) is 0 Å². The molecule has 0 atom stereocenters. The Bertz CT molecular complexity index is 521. The summed E-state index contributed by atoms with van der Waals surface area (Å²) in [7, 11) is -4.10. The molecule has 1 aromatic carbocycles. The third-order valence-corrected chi connectivity index (χ3v) is 5.00. The molecule has 0 saturated carbocycles. The second-order valence-corrected chi connectivity index (χ2v) is 7.40. The van der Waals surface area contributed by atoms with Gasteiger partial charge >= 0.3 is 0 Å². The molecule has 0 fully saturated rings. The largest absolute Gasteiger partial charge is 0.294 e. The van der Waals surface area contributed by atoms with Crippen LogP contribution in [0.5, 0.6) is 0 Å². The Morgan fingerprint density at radius 1 is 0.833 bits per heavy atom. The molecule has 0 unspecified atom stereocenters. The van der Waals surface area contributed by atoms with Crippen LogP contribution >= 0.6 is 0 Å². The van der Waals surface area contributed by atoms with Crippen molar-refractivity contribution in [3.8, 4) is 0 Å². The monoisotopic (exact) mass is 420 g/mol. The first-order valence-electron chi connectivity index (χ1n) is 8.61. The number of benzene rings is 1. The Kier molecular flexibility index (Phi) is 17.2. The van der Waals surface area contributed by atoms with Gasteiger partial charge in [-0.2, -0.15) is 8.42 Å². The molecule has 0 aliphatic heterocycles. The van der Waals surface area contributed by atoms with Crippen LogP contribution in [0.2, 0.25) is 0 Å². The fourth-order valence-corrected chi connectivity index (χ4v) is 3.52. The van der Waals surface area contributed by atoms with Gasteiger partial charge in [0.25, 0.3) is 10.1 Å². The van der Waals surface area contributed by atoms with Gasteiger partial charge in [0.1, 0.15) is 0 Å². The van der Waals surface area contributed by atoms with Crippen molar-refractivity contribution < 1.29 is 32.4 Å². The predicted molar refractivity (Wildman–Crippen MR) is 102 cm³/mol. The molecule has 1 N–H and O–H groups in total. The van der Waals surface area contributed by atoms with Crippen molar-refractivity contribution >= 4 is 27.5 Å².